The Morgan fingerprint density at radius 1 is 1.57 bits per heavy atom. The maximum absolute atomic E-state index is 10.7. The summed E-state index contributed by atoms with van der Waals surface area (Å²) in [4.78, 5) is 10.3. The van der Waals surface area contributed by atoms with Crippen LogP contribution in [0, 0.1) is 17.0 Å². The number of hydrogen-bond donors (Lipinski definition) is 1. The van der Waals surface area contributed by atoms with Crippen molar-refractivity contribution in [2.75, 3.05) is 17.7 Å². The number of halogens is 1. The summed E-state index contributed by atoms with van der Waals surface area (Å²) in [6.45, 7) is 2.34. The SMILES string of the molecule is Cc1ccc(NCCCl)c([N+](=O)[O-])c1. The van der Waals surface area contributed by atoms with Crippen LogP contribution in [0.1, 0.15) is 5.56 Å². The Balaban J connectivity index is 2.96. The molecule has 14 heavy (non-hydrogen) atoms. The molecule has 1 N–H and O–H groups in total. The smallest absolute Gasteiger partial charge is 0.292 e. The second-order valence-electron chi connectivity index (χ2n) is 2.89. The van der Waals surface area contributed by atoms with E-state index in [9.17, 15) is 10.1 Å². The minimum Gasteiger partial charge on any atom is -0.378 e. The molecular weight excluding hydrogens is 204 g/mol. The highest BCUT2D eigenvalue weighted by Gasteiger charge is 2.12. The van der Waals surface area contributed by atoms with Crippen molar-refractivity contribution in [1.29, 1.82) is 0 Å². The van der Waals surface area contributed by atoms with E-state index < -0.39 is 4.92 Å². The number of nitro groups is 1. The molecule has 0 amide bonds. The van der Waals surface area contributed by atoms with Gasteiger partial charge in [-0.05, 0) is 18.6 Å². The Morgan fingerprint density at radius 2 is 2.29 bits per heavy atom. The zero-order chi connectivity index (χ0) is 10.6. The van der Waals surface area contributed by atoms with E-state index in [1.54, 1.807) is 6.07 Å². The molecule has 0 aliphatic carbocycles. The van der Waals surface area contributed by atoms with Gasteiger partial charge in [-0.2, -0.15) is 0 Å². The van der Waals surface area contributed by atoms with Crippen molar-refractivity contribution in [3.8, 4) is 0 Å². The molecule has 4 nitrogen and oxygen atoms in total. The Hall–Kier alpha value is -1.29. The van der Waals surface area contributed by atoms with E-state index in [-0.39, 0.29) is 5.69 Å². The molecule has 1 aromatic carbocycles. The van der Waals surface area contributed by atoms with Crippen LogP contribution in [0.2, 0.25) is 0 Å². The van der Waals surface area contributed by atoms with Crippen LogP contribution in [0.3, 0.4) is 0 Å². The van der Waals surface area contributed by atoms with Gasteiger partial charge in [0.25, 0.3) is 5.69 Å². The number of rotatable bonds is 4. The predicted molar refractivity (Wildman–Crippen MR) is 57.0 cm³/mol. The van der Waals surface area contributed by atoms with Gasteiger partial charge in [0.15, 0.2) is 0 Å². The Kier molecular flexibility index (Phi) is 3.71. The number of nitrogens with one attached hydrogen (secondary N) is 1. The van der Waals surface area contributed by atoms with Gasteiger partial charge in [0.05, 0.1) is 4.92 Å². The molecule has 0 spiro atoms. The van der Waals surface area contributed by atoms with E-state index in [1.807, 2.05) is 13.0 Å². The maximum Gasteiger partial charge on any atom is 0.292 e. The maximum atomic E-state index is 10.7. The average Bonchev–Trinajstić information content (AvgIpc) is 2.15. The van der Waals surface area contributed by atoms with Crippen LogP contribution < -0.4 is 5.32 Å². The summed E-state index contributed by atoms with van der Waals surface area (Å²) >= 11 is 5.48. The lowest BCUT2D eigenvalue weighted by atomic mass is 10.2. The second kappa shape index (κ2) is 4.81. The number of aryl methyl sites for hydroxylation is 1. The Bertz CT molecular complexity index is 342. The van der Waals surface area contributed by atoms with Crippen molar-refractivity contribution in [1.82, 2.24) is 0 Å². The summed E-state index contributed by atoms with van der Waals surface area (Å²) < 4.78 is 0. The van der Waals surface area contributed by atoms with Crippen LogP contribution in [-0.4, -0.2) is 17.3 Å². The third-order valence-electron chi connectivity index (χ3n) is 1.76. The first-order valence-corrected chi connectivity index (χ1v) is 4.73. The van der Waals surface area contributed by atoms with Crippen molar-refractivity contribution in [2.24, 2.45) is 0 Å². The molecule has 1 aromatic rings. The first-order valence-electron chi connectivity index (χ1n) is 4.20. The zero-order valence-electron chi connectivity index (χ0n) is 7.79. The van der Waals surface area contributed by atoms with Gasteiger partial charge >= 0.3 is 0 Å². The Labute approximate surface area is 87.0 Å². The molecule has 0 unspecified atom stereocenters. The highest BCUT2D eigenvalue weighted by atomic mass is 35.5. The lowest BCUT2D eigenvalue weighted by molar-refractivity contribution is -0.384. The third-order valence-corrected chi connectivity index (χ3v) is 1.95. The molecule has 76 valence electrons. The topological polar surface area (TPSA) is 55.2 Å². The predicted octanol–water partition coefficient (Wildman–Crippen LogP) is 2.55. The molecule has 0 aromatic heterocycles. The van der Waals surface area contributed by atoms with Crippen molar-refractivity contribution in [2.45, 2.75) is 6.92 Å². The van der Waals surface area contributed by atoms with Gasteiger partial charge in [0.1, 0.15) is 5.69 Å². The molecule has 0 heterocycles. The van der Waals surface area contributed by atoms with Crippen LogP contribution in [0.15, 0.2) is 18.2 Å². The fourth-order valence-electron chi connectivity index (χ4n) is 1.12. The monoisotopic (exact) mass is 214 g/mol. The summed E-state index contributed by atoms with van der Waals surface area (Å²) in [5, 5.41) is 13.6. The van der Waals surface area contributed by atoms with Gasteiger partial charge < -0.3 is 5.32 Å². The van der Waals surface area contributed by atoms with E-state index >= 15 is 0 Å². The molecule has 0 aliphatic rings. The minimum absolute atomic E-state index is 0.0927. The van der Waals surface area contributed by atoms with E-state index in [2.05, 4.69) is 5.32 Å². The first-order chi connectivity index (χ1) is 6.65. The van der Waals surface area contributed by atoms with E-state index in [0.29, 0.717) is 18.1 Å². The molecule has 0 atom stereocenters. The van der Waals surface area contributed by atoms with Gasteiger partial charge in [-0.1, -0.05) is 6.07 Å². The number of nitrogens with zero attached hydrogens (tertiary/aromatic N) is 1. The number of hydrogen-bond acceptors (Lipinski definition) is 3. The van der Waals surface area contributed by atoms with Crippen molar-refractivity contribution < 1.29 is 4.92 Å². The highest BCUT2D eigenvalue weighted by Crippen LogP contribution is 2.24. The molecular formula is C9H11ClN2O2. The summed E-state index contributed by atoms with van der Waals surface area (Å²) in [6.07, 6.45) is 0. The largest absolute Gasteiger partial charge is 0.378 e. The van der Waals surface area contributed by atoms with Crippen LogP contribution in [-0.2, 0) is 0 Å². The standard InChI is InChI=1S/C9H11ClN2O2/c1-7-2-3-8(11-5-4-10)9(6-7)12(13)14/h2-3,6,11H,4-5H2,1H3. The van der Waals surface area contributed by atoms with Crippen molar-refractivity contribution in [3.63, 3.8) is 0 Å². The van der Waals surface area contributed by atoms with E-state index in [0.717, 1.165) is 5.56 Å². The van der Waals surface area contributed by atoms with Gasteiger partial charge in [-0.25, -0.2) is 0 Å². The molecule has 1 rings (SSSR count). The lowest BCUT2D eigenvalue weighted by Gasteiger charge is -2.05. The van der Waals surface area contributed by atoms with Crippen LogP contribution in [0.4, 0.5) is 11.4 Å². The molecule has 0 radical (unpaired) electrons. The van der Waals surface area contributed by atoms with Gasteiger partial charge in [0.2, 0.25) is 0 Å². The van der Waals surface area contributed by atoms with Crippen LogP contribution >= 0.6 is 11.6 Å². The molecule has 0 fully saturated rings. The van der Waals surface area contributed by atoms with Gasteiger partial charge in [-0.15, -0.1) is 11.6 Å². The molecule has 0 saturated carbocycles. The average molecular weight is 215 g/mol. The van der Waals surface area contributed by atoms with Crippen LogP contribution in [0.25, 0.3) is 0 Å². The van der Waals surface area contributed by atoms with Crippen molar-refractivity contribution in [3.05, 3.63) is 33.9 Å². The number of nitro benzene ring substituents is 1. The van der Waals surface area contributed by atoms with E-state index in [4.69, 9.17) is 11.6 Å². The number of anilines is 1. The van der Waals surface area contributed by atoms with Gasteiger partial charge in [-0.3, -0.25) is 10.1 Å². The third kappa shape index (κ3) is 2.60. The highest BCUT2D eigenvalue weighted by molar-refractivity contribution is 6.18. The number of alkyl halides is 1. The molecule has 5 heteroatoms. The fraction of sp³-hybridized carbons (Fsp3) is 0.333. The Morgan fingerprint density at radius 3 is 2.86 bits per heavy atom. The normalized spacial score (nSPS) is 9.86. The summed E-state index contributed by atoms with van der Waals surface area (Å²) in [6, 6.07) is 5.06. The van der Waals surface area contributed by atoms with Crippen LogP contribution in [0.5, 0.6) is 0 Å². The molecule has 0 aliphatic heterocycles. The summed E-state index contributed by atoms with van der Waals surface area (Å²) in [7, 11) is 0. The fourth-order valence-corrected chi connectivity index (χ4v) is 1.22. The quantitative estimate of drug-likeness (QED) is 0.476. The van der Waals surface area contributed by atoms with Crippen molar-refractivity contribution >= 4 is 23.0 Å². The summed E-state index contributed by atoms with van der Waals surface area (Å²) in [5.74, 6) is 0.422. The van der Waals surface area contributed by atoms with E-state index in [1.165, 1.54) is 6.07 Å². The second-order valence-corrected chi connectivity index (χ2v) is 3.27. The minimum atomic E-state index is -0.399. The lowest BCUT2D eigenvalue weighted by Crippen LogP contribution is -2.05. The van der Waals surface area contributed by atoms with Gasteiger partial charge in [0, 0.05) is 18.5 Å². The number of benzene rings is 1. The molecule has 0 saturated heterocycles. The summed E-state index contributed by atoms with van der Waals surface area (Å²) in [5.41, 5.74) is 1.48. The first kappa shape index (κ1) is 10.8. The molecule has 0 bridgehead atoms. The zero-order valence-corrected chi connectivity index (χ0v) is 8.54.